The van der Waals surface area contributed by atoms with E-state index < -0.39 is 36.6 Å². The number of halogens is 6. The van der Waals surface area contributed by atoms with Gasteiger partial charge in [-0.1, -0.05) is 60.2 Å². The summed E-state index contributed by atoms with van der Waals surface area (Å²) >= 11 is 0. The van der Waals surface area contributed by atoms with Gasteiger partial charge in [-0.05, 0) is 48.7 Å². The number of carbonyl (C=O) groups excluding carboxylic acids is 1. The average Bonchev–Trinajstić information content (AvgIpc) is 2.88. The van der Waals surface area contributed by atoms with Crippen molar-refractivity contribution in [1.82, 2.24) is 5.32 Å². The molecule has 1 heterocycles. The number of rotatable bonds is 8. The van der Waals surface area contributed by atoms with E-state index >= 15 is 0 Å². The predicted octanol–water partition coefficient (Wildman–Crippen LogP) is 7.48. The maximum absolute atomic E-state index is 14.8. The molecule has 206 valence electrons. The zero-order valence-electron chi connectivity index (χ0n) is 20.8. The second-order valence-electron chi connectivity index (χ2n) is 9.21. The Bertz CT molecular complexity index is 1320. The summed E-state index contributed by atoms with van der Waals surface area (Å²) in [5, 5.41) is 2.14. The van der Waals surface area contributed by atoms with Crippen LogP contribution in [0.2, 0.25) is 0 Å². The lowest BCUT2D eigenvalue weighted by atomic mass is 9.78. The van der Waals surface area contributed by atoms with Gasteiger partial charge in [-0.25, -0.2) is 0 Å². The van der Waals surface area contributed by atoms with E-state index in [9.17, 15) is 31.1 Å². The molecule has 1 unspecified atom stereocenters. The van der Waals surface area contributed by atoms with Crippen LogP contribution in [0.4, 0.5) is 26.3 Å². The summed E-state index contributed by atoms with van der Waals surface area (Å²) in [6, 6.07) is 19.8. The molecule has 0 aromatic heterocycles. The van der Waals surface area contributed by atoms with Crippen molar-refractivity contribution in [2.75, 3.05) is 6.61 Å². The Morgan fingerprint density at radius 2 is 1.49 bits per heavy atom. The van der Waals surface area contributed by atoms with Crippen molar-refractivity contribution in [1.29, 1.82) is 0 Å². The maximum atomic E-state index is 14.8. The molecule has 3 aromatic rings. The molecule has 3 aromatic carbocycles. The molecule has 4 rings (SSSR count). The van der Waals surface area contributed by atoms with Crippen molar-refractivity contribution in [3.8, 4) is 11.5 Å². The van der Waals surface area contributed by atoms with Gasteiger partial charge >= 0.3 is 12.4 Å². The van der Waals surface area contributed by atoms with Crippen LogP contribution in [0, 0.1) is 6.92 Å². The molecule has 0 radical (unpaired) electrons. The van der Waals surface area contributed by atoms with Gasteiger partial charge in [0.05, 0.1) is 6.61 Å². The number of alkyl halides is 6. The quantitative estimate of drug-likeness (QED) is 0.234. The highest BCUT2D eigenvalue weighted by Gasteiger charge is 2.60. The van der Waals surface area contributed by atoms with Crippen LogP contribution in [0.25, 0.3) is 5.57 Å². The summed E-state index contributed by atoms with van der Waals surface area (Å²) in [6.45, 7) is 1.58. The number of aryl methyl sites for hydroxylation is 1. The number of benzene rings is 3. The molecule has 0 aliphatic carbocycles. The summed E-state index contributed by atoms with van der Waals surface area (Å²) in [4.78, 5) is 13.3. The normalized spacial score (nSPS) is 18.1. The molecule has 39 heavy (non-hydrogen) atoms. The molecule has 0 saturated heterocycles. The molecule has 1 amide bonds. The maximum Gasteiger partial charge on any atom is 0.416 e. The van der Waals surface area contributed by atoms with E-state index in [-0.39, 0.29) is 35.7 Å². The Morgan fingerprint density at radius 1 is 0.846 bits per heavy atom. The van der Waals surface area contributed by atoms with Gasteiger partial charge in [-0.2, -0.15) is 26.3 Å². The van der Waals surface area contributed by atoms with Gasteiger partial charge in [0.15, 0.2) is 11.3 Å². The molecule has 1 atom stereocenters. The summed E-state index contributed by atoms with van der Waals surface area (Å²) in [5.74, 6) is -0.874. The fourth-order valence-corrected chi connectivity index (χ4v) is 4.29. The first-order valence-electron chi connectivity index (χ1n) is 12.1. The van der Waals surface area contributed by atoms with E-state index in [1.807, 2.05) is 6.92 Å². The molecule has 10 heteroatoms. The molecule has 0 spiro atoms. The van der Waals surface area contributed by atoms with Crippen molar-refractivity contribution in [2.24, 2.45) is 0 Å². The van der Waals surface area contributed by atoms with Gasteiger partial charge in [0.25, 0.3) is 5.91 Å². The van der Waals surface area contributed by atoms with Gasteiger partial charge in [0.2, 0.25) is 0 Å². The first kappa shape index (κ1) is 28.1. The fourth-order valence-electron chi connectivity index (χ4n) is 4.29. The lowest BCUT2D eigenvalue weighted by Crippen LogP contribution is -2.59. The predicted molar refractivity (Wildman–Crippen MR) is 133 cm³/mol. The first-order valence-corrected chi connectivity index (χ1v) is 12.1. The van der Waals surface area contributed by atoms with Crippen LogP contribution >= 0.6 is 0 Å². The Kier molecular flexibility index (Phi) is 7.94. The molecular weight excluding hydrogens is 524 g/mol. The topological polar surface area (TPSA) is 47.6 Å². The van der Waals surface area contributed by atoms with Crippen molar-refractivity contribution in [3.63, 3.8) is 0 Å². The number of amides is 1. The lowest BCUT2D eigenvalue weighted by molar-refractivity contribution is -0.202. The molecular formula is C29H25F6NO3. The minimum atomic E-state index is -4.91. The monoisotopic (exact) mass is 549 g/mol. The number of hydrogen-bond donors (Lipinski definition) is 1. The number of nitrogens with one attached hydrogen (secondary N) is 1. The number of ether oxygens (including phenoxy) is 2. The third-order valence-corrected chi connectivity index (χ3v) is 6.32. The number of para-hydroxylation sites is 1. The van der Waals surface area contributed by atoms with Crippen molar-refractivity contribution < 1.29 is 40.6 Å². The second-order valence-corrected chi connectivity index (χ2v) is 9.21. The highest BCUT2D eigenvalue weighted by molar-refractivity contribution is 6.02. The van der Waals surface area contributed by atoms with Gasteiger partial charge in [0.1, 0.15) is 11.5 Å². The zero-order chi connectivity index (χ0) is 28.3. The van der Waals surface area contributed by atoms with E-state index in [1.54, 1.807) is 54.6 Å². The van der Waals surface area contributed by atoms with Gasteiger partial charge in [0, 0.05) is 18.4 Å². The van der Waals surface area contributed by atoms with E-state index in [2.05, 4.69) is 5.32 Å². The first-order chi connectivity index (χ1) is 18.4. The third-order valence-electron chi connectivity index (χ3n) is 6.32. The summed E-state index contributed by atoms with van der Waals surface area (Å²) in [6.07, 6.45) is -11.2. The second kappa shape index (κ2) is 11.0. The Morgan fingerprint density at radius 3 is 2.08 bits per heavy atom. The average molecular weight is 550 g/mol. The van der Waals surface area contributed by atoms with Gasteiger partial charge < -0.3 is 14.8 Å². The molecule has 0 saturated carbocycles. The van der Waals surface area contributed by atoms with Crippen LogP contribution < -0.4 is 14.8 Å². The highest BCUT2D eigenvalue weighted by atomic mass is 19.4. The van der Waals surface area contributed by atoms with Crippen LogP contribution in [0.3, 0.4) is 0 Å². The molecule has 0 fully saturated rings. The van der Waals surface area contributed by atoms with E-state index in [0.717, 1.165) is 17.7 Å². The van der Waals surface area contributed by atoms with Crippen molar-refractivity contribution >= 4 is 11.5 Å². The Hall–Kier alpha value is -3.95. The summed E-state index contributed by atoms with van der Waals surface area (Å²) in [7, 11) is 0. The van der Waals surface area contributed by atoms with Gasteiger partial charge in [-0.3, -0.25) is 4.79 Å². The highest BCUT2D eigenvalue weighted by Crippen LogP contribution is 2.48. The third kappa shape index (κ3) is 6.55. The molecule has 1 aliphatic rings. The SMILES string of the molecule is Cc1ccc(C2=C(Oc3ccccc3)C(=O)NC(c3ccc(OCCCC(F)(F)F)cc3)(C(F)(F)F)C2)cc1. The van der Waals surface area contributed by atoms with Crippen LogP contribution in [0.1, 0.15) is 36.0 Å². The van der Waals surface area contributed by atoms with Gasteiger partial charge in [-0.15, -0.1) is 0 Å². The van der Waals surface area contributed by atoms with E-state index in [4.69, 9.17) is 9.47 Å². The molecule has 0 bridgehead atoms. The Balaban J connectivity index is 1.70. The van der Waals surface area contributed by atoms with Crippen LogP contribution in [0.5, 0.6) is 11.5 Å². The number of hydrogen-bond acceptors (Lipinski definition) is 3. The van der Waals surface area contributed by atoms with Crippen LogP contribution in [-0.2, 0) is 10.3 Å². The minimum absolute atomic E-state index is 0.0763. The zero-order valence-corrected chi connectivity index (χ0v) is 20.8. The molecule has 1 aliphatic heterocycles. The summed E-state index contributed by atoms with van der Waals surface area (Å²) < 4.78 is 92.5. The summed E-state index contributed by atoms with van der Waals surface area (Å²) in [5.41, 5.74) is -1.68. The van der Waals surface area contributed by atoms with E-state index in [1.165, 1.54) is 12.1 Å². The number of carbonyl (C=O) groups is 1. The molecule has 4 nitrogen and oxygen atoms in total. The smallest absolute Gasteiger partial charge is 0.416 e. The standard InChI is InChI=1S/C29H25F6NO3/c1-19-8-10-20(11-9-19)24-18-27(29(33,34)35,36-26(37)25(24)39-23-6-3-2-4-7-23)21-12-14-22(15-13-21)38-17-5-16-28(30,31)32/h2-4,6-15H,5,16-18H2,1H3,(H,36,37). The van der Waals surface area contributed by atoms with Crippen molar-refractivity contribution in [2.45, 2.75) is 44.1 Å². The molecule has 1 N–H and O–H groups in total. The fraction of sp³-hybridized carbons (Fsp3) is 0.276. The van der Waals surface area contributed by atoms with E-state index in [0.29, 0.717) is 11.3 Å². The van der Waals surface area contributed by atoms with Crippen molar-refractivity contribution in [3.05, 3.63) is 101 Å². The lowest BCUT2D eigenvalue weighted by Gasteiger charge is -2.41. The minimum Gasteiger partial charge on any atom is -0.494 e. The van der Waals surface area contributed by atoms with Crippen LogP contribution in [0.15, 0.2) is 84.6 Å². The van der Waals surface area contributed by atoms with Crippen LogP contribution in [-0.4, -0.2) is 24.9 Å². The largest absolute Gasteiger partial charge is 0.494 e. The Labute approximate surface area is 221 Å².